The predicted octanol–water partition coefficient (Wildman–Crippen LogP) is 4.87. The van der Waals surface area contributed by atoms with Crippen molar-refractivity contribution in [1.29, 1.82) is 0 Å². The highest BCUT2D eigenvalue weighted by Crippen LogP contribution is 2.35. The third kappa shape index (κ3) is 3.63. The minimum Gasteiger partial charge on any atom is -0.340 e. The van der Waals surface area contributed by atoms with E-state index in [0.717, 1.165) is 49.3 Å². The van der Waals surface area contributed by atoms with Crippen LogP contribution in [0.5, 0.6) is 0 Å². The lowest BCUT2D eigenvalue weighted by atomic mass is 9.86. The summed E-state index contributed by atoms with van der Waals surface area (Å²) < 4.78 is 0. The molecule has 4 nitrogen and oxygen atoms in total. The molecule has 1 aliphatic heterocycles. The van der Waals surface area contributed by atoms with Crippen molar-refractivity contribution in [2.75, 3.05) is 6.54 Å². The van der Waals surface area contributed by atoms with E-state index < -0.39 is 0 Å². The molecular formula is C21H29N3O. The summed E-state index contributed by atoms with van der Waals surface area (Å²) in [5.74, 6) is 1.16. The predicted molar refractivity (Wildman–Crippen MR) is 101 cm³/mol. The molecule has 0 radical (unpaired) electrons. The van der Waals surface area contributed by atoms with Gasteiger partial charge in [0.25, 0.3) is 0 Å². The maximum atomic E-state index is 13.0. The number of carbonyl (C=O) groups is 1. The van der Waals surface area contributed by atoms with Crippen LogP contribution in [0.2, 0.25) is 0 Å². The number of aromatic amines is 1. The van der Waals surface area contributed by atoms with Crippen LogP contribution in [0.25, 0.3) is 11.3 Å². The fraction of sp³-hybridized carbons (Fsp3) is 0.524. The van der Waals surface area contributed by atoms with Gasteiger partial charge in [0.05, 0.1) is 17.9 Å². The maximum Gasteiger partial charge on any atom is 0.228 e. The van der Waals surface area contributed by atoms with Gasteiger partial charge in [0.2, 0.25) is 5.91 Å². The van der Waals surface area contributed by atoms with Gasteiger partial charge in [-0.25, -0.2) is 4.98 Å². The number of rotatable bonds is 4. The summed E-state index contributed by atoms with van der Waals surface area (Å²) in [6, 6.07) is 8.49. The molecule has 2 aromatic rings. The van der Waals surface area contributed by atoms with Crippen LogP contribution in [0.15, 0.2) is 30.5 Å². The van der Waals surface area contributed by atoms with Crippen molar-refractivity contribution in [2.45, 2.75) is 59.4 Å². The first-order chi connectivity index (χ1) is 11.9. The number of aromatic nitrogens is 2. The summed E-state index contributed by atoms with van der Waals surface area (Å²) in [4.78, 5) is 23.2. The van der Waals surface area contributed by atoms with Crippen LogP contribution in [0, 0.1) is 12.3 Å². The zero-order chi connectivity index (χ0) is 18.0. The van der Waals surface area contributed by atoms with Crippen LogP contribution in [-0.2, 0) is 4.79 Å². The Morgan fingerprint density at radius 2 is 2.00 bits per heavy atom. The minimum atomic E-state index is -0.317. The number of piperidine rings is 1. The first-order valence-corrected chi connectivity index (χ1v) is 9.35. The van der Waals surface area contributed by atoms with Gasteiger partial charge in [-0.15, -0.1) is 0 Å². The molecule has 1 fully saturated rings. The summed E-state index contributed by atoms with van der Waals surface area (Å²) in [5.41, 5.74) is 3.08. The Labute approximate surface area is 150 Å². The Morgan fingerprint density at radius 3 is 2.68 bits per heavy atom. The number of amides is 1. The van der Waals surface area contributed by atoms with Crippen molar-refractivity contribution in [1.82, 2.24) is 14.9 Å². The number of H-pyrrole nitrogens is 1. The number of benzene rings is 1. The Balaban J connectivity index is 1.86. The van der Waals surface area contributed by atoms with E-state index >= 15 is 0 Å². The molecular weight excluding hydrogens is 310 g/mol. The quantitative estimate of drug-likeness (QED) is 0.863. The second-order valence-electron chi connectivity index (χ2n) is 7.80. The molecule has 1 unspecified atom stereocenters. The molecule has 0 saturated carbocycles. The number of hydrogen-bond acceptors (Lipinski definition) is 2. The molecule has 134 valence electrons. The molecule has 1 aromatic carbocycles. The summed E-state index contributed by atoms with van der Waals surface area (Å²) >= 11 is 0. The largest absolute Gasteiger partial charge is 0.340 e. The molecule has 1 N–H and O–H groups in total. The first-order valence-electron chi connectivity index (χ1n) is 9.35. The zero-order valence-electron chi connectivity index (χ0n) is 15.8. The van der Waals surface area contributed by atoms with Crippen LogP contribution in [-0.4, -0.2) is 27.3 Å². The molecule has 3 rings (SSSR count). The smallest absolute Gasteiger partial charge is 0.228 e. The standard InChI is InChI=1S/C21H29N3O/c1-5-21(3,4)20(25)24-13-7-6-8-18(24)19-22-14-17(23-19)16-11-9-15(2)10-12-16/h9-12,14,18H,5-8,13H2,1-4H3,(H,22,23). The highest BCUT2D eigenvalue weighted by atomic mass is 16.2. The lowest BCUT2D eigenvalue weighted by Crippen LogP contribution is -2.45. The second-order valence-corrected chi connectivity index (χ2v) is 7.80. The Kier molecular flexibility index (Phi) is 4.98. The lowest BCUT2D eigenvalue weighted by molar-refractivity contribution is -0.144. The third-order valence-electron chi connectivity index (χ3n) is 5.50. The maximum absolute atomic E-state index is 13.0. The highest BCUT2D eigenvalue weighted by Gasteiger charge is 2.37. The first kappa shape index (κ1) is 17.7. The number of hydrogen-bond donors (Lipinski definition) is 1. The zero-order valence-corrected chi connectivity index (χ0v) is 15.8. The van der Waals surface area contributed by atoms with E-state index in [2.05, 4.69) is 48.1 Å². The molecule has 1 aromatic heterocycles. The van der Waals surface area contributed by atoms with Gasteiger partial charge in [-0.1, -0.05) is 50.6 Å². The number of likely N-dealkylation sites (tertiary alicyclic amines) is 1. The molecule has 0 aliphatic carbocycles. The molecule has 4 heteroatoms. The van der Waals surface area contributed by atoms with Crippen molar-refractivity contribution in [3.8, 4) is 11.3 Å². The van der Waals surface area contributed by atoms with Crippen molar-refractivity contribution in [2.24, 2.45) is 5.41 Å². The Morgan fingerprint density at radius 1 is 1.28 bits per heavy atom. The van der Waals surface area contributed by atoms with Crippen LogP contribution >= 0.6 is 0 Å². The van der Waals surface area contributed by atoms with Gasteiger partial charge in [0, 0.05) is 12.0 Å². The van der Waals surface area contributed by atoms with Crippen LogP contribution < -0.4 is 0 Å². The fourth-order valence-corrected chi connectivity index (χ4v) is 3.38. The van der Waals surface area contributed by atoms with Crippen LogP contribution in [0.3, 0.4) is 0 Å². The summed E-state index contributed by atoms with van der Waals surface area (Å²) in [5, 5.41) is 0. The molecule has 1 atom stereocenters. The number of aryl methyl sites for hydroxylation is 1. The Bertz CT molecular complexity index is 730. The molecule has 0 bridgehead atoms. The number of nitrogens with one attached hydrogen (secondary N) is 1. The van der Waals surface area contributed by atoms with Crippen molar-refractivity contribution in [3.05, 3.63) is 41.9 Å². The Hall–Kier alpha value is -2.10. The van der Waals surface area contributed by atoms with E-state index in [0.29, 0.717) is 0 Å². The average molecular weight is 339 g/mol. The monoisotopic (exact) mass is 339 g/mol. The summed E-state index contributed by atoms with van der Waals surface area (Å²) in [6.45, 7) is 9.08. The van der Waals surface area contributed by atoms with Crippen LogP contribution in [0.1, 0.15) is 63.9 Å². The number of carbonyl (C=O) groups excluding carboxylic acids is 1. The molecule has 2 heterocycles. The van der Waals surface area contributed by atoms with Gasteiger partial charge in [-0.05, 0) is 38.2 Å². The lowest BCUT2D eigenvalue weighted by Gasteiger charge is -2.39. The van der Waals surface area contributed by atoms with Gasteiger partial charge >= 0.3 is 0 Å². The van der Waals surface area contributed by atoms with E-state index in [1.165, 1.54) is 5.56 Å². The van der Waals surface area contributed by atoms with E-state index in [9.17, 15) is 4.79 Å². The van der Waals surface area contributed by atoms with Gasteiger partial charge in [-0.3, -0.25) is 4.79 Å². The second kappa shape index (κ2) is 7.03. The van der Waals surface area contributed by atoms with E-state index in [1.54, 1.807) is 0 Å². The van der Waals surface area contributed by atoms with Gasteiger partial charge in [-0.2, -0.15) is 0 Å². The average Bonchev–Trinajstić information content (AvgIpc) is 3.11. The van der Waals surface area contributed by atoms with Gasteiger partial charge in [0.15, 0.2) is 0 Å². The third-order valence-corrected chi connectivity index (χ3v) is 5.50. The molecule has 25 heavy (non-hydrogen) atoms. The summed E-state index contributed by atoms with van der Waals surface area (Å²) in [7, 11) is 0. The molecule has 1 aliphatic rings. The van der Waals surface area contributed by atoms with E-state index in [4.69, 9.17) is 0 Å². The molecule has 0 spiro atoms. The van der Waals surface area contributed by atoms with Crippen molar-refractivity contribution >= 4 is 5.91 Å². The van der Waals surface area contributed by atoms with Gasteiger partial charge < -0.3 is 9.88 Å². The molecule has 1 saturated heterocycles. The topological polar surface area (TPSA) is 49.0 Å². The molecule has 1 amide bonds. The van der Waals surface area contributed by atoms with Crippen molar-refractivity contribution in [3.63, 3.8) is 0 Å². The number of imidazole rings is 1. The van der Waals surface area contributed by atoms with E-state index in [1.807, 2.05) is 24.9 Å². The summed E-state index contributed by atoms with van der Waals surface area (Å²) in [6.07, 6.45) is 5.94. The normalized spacial score (nSPS) is 18.4. The number of nitrogens with zero attached hydrogens (tertiary/aromatic N) is 2. The fourth-order valence-electron chi connectivity index (χ4n) is 3.38. The van der Waals surface area contributed by atoms with Gasteiger partial charge in [0.1, 0.15) is 5.82 Å². The van der Waals surface area contributed by atoms with Crippen LogP contribution in [0.4, 0.5) is 0 Å². The minimum absolute atomic E-state index is 0.0614. The van der Waals surface area contributed by atoms with E-state index in [-0.39, 0.29) is 17.4 Å². The highest BCUT2D eigenvalue weighted by molar-refractivity contribution is 5.82. The SMILES string of the molecule is CCC(C)(C)C(=O)N1CCCCC1c1ncc(-c2ccc(C)cc2)[nH]1. The van der Waals surface area contributed by atoms with Crippen molar-refractivity contribution < 1.29 is 4.79 Å².